The molecule has 0 unspecified atom stereocenters. The Morgan fingerprint density at radius 1 is 1.13 bits per heavy atom. The molecule has 5 nitrogen and oxygen atoms in total. The highest BCUT2D eigenvalue weighted by atomic mass is 16.7. The van der Waals surface area contributed by atoms with Crippen LogP contribution in [0.2, 0.25) is 0 Å². The van der Waals surface area contributed by atoms with Crippen LogP contribution in [0.1, 0.15) is 22.8 Å². The first-order valence-electron chi connectivity index (χ1n) is 7.19. The fourth-order valence-electron chi connectivity index (χ4n) is 2.14. The number of allylic oxidation sites excluding steroid dienone is 1. The Bertz CT molecular complexity index is 767. The van der Waals surface area contributed by atoms with E-state index in [9.17, 15) is 4.79 Å². The van der Waals surface area contributed by atoms with Gasteiger partial charge in [0.15, 0.2) is 11.5 Å². The molecule has 5 heteroatoms. The highest BCUT2D eigenvalue weighted by Crippen LogP contribution is 2.32. The molecule has 1 heterocycles. The summed E-state index contributed by atoms with van der Waals surface area (Å²) in [6, 6.07) is 14.9. The van der Waals surface area contributed by atoms with Crippen molar-refractivity contribution in [3.05, 3.63) is 65.2 Å². The normalized spacial score (nSPS) is 13.3. The topological polar surface area (TPSA) is 59.9 Å². The molecule has 0 aliphatic carbocycles. The number of hydrogen-bond donors (Lipinski definition) is 1. The van der Waals surface area contributed by atoms with Crippen LogP contribution >= 0.6 is 0 Å². The third kappa shape index (κ3) is 3.77. The first-order chi connectivity index (χ1) is 11.2. The number of rotatable bonds is 4. The minimum Gasteiger partial charge on any atom is -0.454 e. The number of nitrogens with zero attached hydrogens (tertiary/aromatic N) is 1. The highest BCUT2D eigenvalue weighted by Gasteiger charge is 2.15. The van der Waals surface area contributed by atoms with E-state index in [1.807, 2.05) is 43.3 Å². The van der Waals surface area contributed by atoms with Gasteiger partial charge in [0.25, 0.3) is 5.91 Å². The van der Waals surface area contributed by atoms with Crippen molar-refractivity contribution in [1.82, 2.24) is 5.43 Å². The SMILES string of the molecule is CC(/C=N\NC(=O)c1ccc2c(c1)OCO2)=C\c1ccccc1. The summed E-state index contributed by atoms with van der Waals surface area (Å²) in [5.41, 5.74) is 4.98. The number of hydrogen-bond acceptors (Lipinski definition) is 4. The number of carbonyl (C=O) groups is 1. The predicted octanol–water partition coefficient (Wildman–Crippen LogP) is 3.23. The van der Waals surface area contributed by atoms with Crippen molar-refractivity contribution < 1.29 is 14.3 Å². The number of hydrazone groups is 1. The molecular weight excluding hydrogens is 292 g/mol. The number of ether oxygens (including phenoxy) is 2. The van der Waals surface area contributed by atoms with Crippen LogP contribution < -0.4 is 14.9 Å². The summed E-state index contributed by atoms with van der Waals surface area (Å²) >= 11 is 0. The van der Waals surface area contributed by atoms with Crippen LogP contribution in [0.4, 0.5) is 0 Å². The van der Waals surface area contributed by atoms with E-state index in [0.29, 0.717) is 17.1 Å². The zero-order valence-electron chi connectivity index (χ0n) is 12.7. The van der Waals surface area contributed by atoms with Crippen molar-refractivity contribution in [3.63, 3.8) is 0 Å². The van der Waals surface area contributed by atoms with Gasteiger partial charge in [-0.1, -0.05) is 36.4 Å². The summed E-state index contributed by atoms with van der Waals surface area (Å²) in [6.07, 6.45) is 3.59. The number of fused-ring (bicyclic) bond motifs is 1. The van der Waals surface area contributed by atoms with Crippen molar-refractivity contribution in [3.8, 4) is 11.5 Å². The fourth-order valence-corrected chi connectivity index (χ4v) is 2.14. The molecule has 0 aromatic heterocycles. The molecule has 2 aromatic rings. The number of nitrogens with one attached hydrogen (secondary N) is 1. The van der Waals surface area contributed by atoms with E-state index in [2.05, 4.69) is 10.5 Å². The molecule has 23 heavy (non-hydrogen) atoms. The number of carbonyl (C=O) groups excluding carboxylic acids is 1. The van der Waals surface area contributed by atoms with Crippen LogP contribution in [0.15, 0.2) is 59.2 Å². The van der Waals surface area contributed by atoms with Crippen LogP contribution in [0, 0.1) is 0 Å². The van der Waals surface area contributed by atoms with E-state index >= 15 is 0 Å². The lowest BCUT2D eigenvalue weighted by Gasteiger charge is -2.01. The van der Waals surface area contributed by atoms with E-state index in [0.717, 1.165) is 11.1 Å². The average molecular weight is 308 g/mol. The van der Waals surface area contributed by atoms with Crippen LogP contribution in [0.25, 0.3) is 6.08 Å². The third-order valence-corrected chi connectivity index (χ3v) is 3.26. The van der Waals surface area contributed by atoms with Gasteiger partial charge in [-0.3, -0.25) is 4.79 Å². The quantitative estimate of drug-likeness (QED) is 0.697. The van der Waals surface area contributed by atoms with Gasteiger partial charge in [0.2, 0.25) is 6.79 Å². The summed E-state index contributed by atoms with van der Waals surface area (Å²) in [5.74, 6) is 0.917. The van der Waals surface area contributed by atoms with Crippen LogP contribution in [-0.2, 0) is 0 Å². The lowest BCUT2D eigenvalue weighted by molar-refractivity contribution is 0.0954. The average Bonchev–Trinajstić information content (AvgIpc) is 3.03. The molecule has 2 aromatic carbocycles. The van der Waals surface area contributed by atoms with Crippen molar-refractivity contribution in [1.29, 1.82) is 0 Å². The Morgan fingerprint density at radius 2 is 1.91 bits per heavy atom. The Balaban J connectivity index is 1.61. The molecule has 0 spiro atoms. The third-order valence-electron chi connectivity index (χ3n) is 3.26. The Hall–Kier alpha value is -3.08. The molecule has 0 saturated heterocycles. The van der Waals surface area contributed by atoms with Gasteiger partial charge in [-0.2, -0.15) is 5.10 Å². The number of benzene rings is 2. The van der Waals surface area contributed by atoms with E-state index in [1.54, 1.807) is 24.4 Å². The summed E-state index contributed by atoms with van der Waals surface area (Å²) in [7, 11) is 0. The molecule has 3 rings (SSSR count). The first kappa shape index (κ1) is 14.8. The van der Waals surface area contributed by atoms with Crippen molar-refractivity contribution >= 4 is 18.2 Å². The fraction of sp³-hybridized carbons (Fsp3) is 0.111. The molecule has 0 fully saturated rings. The summed E-state index contributed by atoms with van der Waals surface area (Å²) in [6.45, 7) is 2.10. The maximum atomic E-state index is 12.0. The highest BCUT2D eigenvalue weighted by molar-refractivity contribution is 5.95. The zero-order chi connectivity index (χ0) is 16.1. The Labute approximate surface area is 134 Å². The van der Waals surface area contributed by atoms with Gasteiger partial charge in [0.1, 0.15) is 0 Å². The van der Waals surface area contributed by atoms with Crippen molar-refractivity contribution in [2.24, 2.45) is 5.10 Å². The molecule has 0 bridgehead atoms. The van der Waals surface area contributed by atoms with E-state index in [-0.39, 0.29) is 12.7 Å². The second-order valence-electron chi connectivity index (χ2n) is 5.07. The van der Waals surface area contributed by atoms with Crippen molar-refractivity contribution in [2.75, 3.05) is 6.79 Å². The van der Waals surface area contributed by atoms with Crippen LogP contribution in [-0.4, -0.2) is 18.9 Å². The molecular formula is C18H16N2O3. The minimum absolute atomic E-state index is 0.183. The second-order valence-corrected chi connectivity index (χ2v) is 5.07. The van der Waals surface area contributed by atoms with Gasteiger partial charge in [0.05, 0.1) is 6.21 Å². The molecule has 1 amide bonds. The van der Waals surface area contributed by atoms with E-state index in [4.69, 9.17) is 9.47 Å². The number of amides is 1. The van der Waals surface area contributed by atoms with Crippen LogP contribution in [0.3, 0.4) is 0 Å². The summed E-state index contributed by atoms with van der Waals surface area (Å²) < 4.78 is 10.5. The van der Waals surface area contributed by atoms with Gasteiger partial charge in [-0.15, -0.1) is 0 Å². The van der Waals surface area contributed by atoms with Gasteiger partial charge < -0.3 is 9.47 Å². The Kier molecular flexibility index (Phi) is 4.38. The zero-order valence-corrected chi connectivity index (χ0v) is 12.7. The minimum atomic E-state index is -0.299. The van der Waals surface area contributed by atoms with Gasteiger partial charge in [0, 0.05) is 5.56 Å². The van der Waals surface area contributed by atoms with Crippen molar-refractivity contribution in [2.45, 2.75) is 6.92 Å². The monoisotopic (exact) mass is 308 g/mol. The Morgan fingerprint density at radius 3 is 2.74 bits per heavy atom. The first-order valence-corrected chi connectivity index (χ1v) is 7.19. The lowest BCUT2D eigenvalue weighted by Crippen LogP contribution is -2.17. The molecule has 0 atom stereocenters. The standard InChI is InChI=1S/C18H16N2O3/c1-13(9-14-5-3-2-4-6-14)11-19-20-18(21)15-7-8-16-17(10-15)23-12-22-16/h2-11H,12H2,1H3,(H,20,21)/b13-9+,19-11-. The molecule has 1 N–H and O–H groups in total. The predicted molar refractivity (Wildman–Crippen MR) is 88.6 cm³/mol. The summed E-state index contributed by atoms with van der Waals surface area (Å²) in [4.78, 5) is 12.0. The van der Waals surface area contributed by atoms with Gasteiger partial charge in [-0.05, 0) is 36.3 Å². The maximum Gasteiger partial charge on any atom is 0.271 e. The van der Waals surface area contributed by atoms with Gasteiger partial charge >= 0.3 is 0 Å². The van der Waals surface area contributed by atoms with Crippen LogP contribution in [0.5, 0.6) is 11.5 Å². The molecule has 116 valence electrons. The largest absolute Gasteiger partial charge is 0.454 e. The second kappa shape index (κ2) is 6.79. The maximum absolute atomic E-state index is 12.0. The van der Waals surface area contributed by atoms with Gasteiger partial charge in [-0.25, -0.2) is 5.43 Å². The lowest BCUT2D eigenvalue weighted by atomic mass is 10.1. The summed E-state index contributed by atoms with van der Waals surface area (Å²) in [5, 5.41) is 3.97. The van der Waals surface area contributed by atoms with E-state index < -0.39 is 0 Å². The molecule has 1 aliphatic heterocycles. The molecule has 0 radical (unpaired) electrons. The van der Waals surface area contributed by atoms with E-state index in [1.165, 1.54) is 0 Å². The molecule has 1 aliphatic rings. The smallest absolute Gasteiger partial charge is 0.271 e. The molecule has 0 saturated carbocycles.